The molecule has 82 valence electrons. The molecule has 0 unspecified atom stereocenters. The fourth-order valence-electron chi connectivity index (χ4n) is 1.97. The van der Waals surface area contributed by atoms with E-state index in [-0.39, 0.29) is 6.17 Å². The molecule has 1 aromatic heterocycles. The van der Waals surface area contributed by atoms with Crippen LogP contribution in [0.15, 0.2) is 36.5 Å². The molecule has 1 aromatic carbocycles. The second kappa shape index (κ2) is 4.09. The Labute approximate surface area is 100 Å². The number of aromatic nitrogens is 1. The minimum absolute atomic E-state index is 0.261. The van der Waals surface area contributed by atoms with Gasteiger partial charge in [-0.1, -0.05) is 18.2 Å². The van der Waals surface area contributed by atoms with Gasteiger partial charge in [0.25, 0.3) is 0 Å². The molecule has 0 amide bonds. The second-order valence-corrected chi connectivity index (χ2v) is 4.21. The average molecular weight is 214 g/mol. The Morgan fingerprint density at radius 3 is 2.44 bits per heavy atom. The summed E-state index contributed by atoms with van der Waals surface area (Å²) in [6, 6.07) is 8.48. The van der Waals surface area contributed by atoms with E-state index in [1.807, 2.05) is 33.0 Å². The summed E-state index contributed by atoms with van der Waals surface area (Å²) in [4.78, 5) is 0. The molecule has 1 nitrogen and oxygen atoms in total. The summed E-state index contributed by atoms with van der Waals surface area (Å²) in [5, 5.41) is 0. The first-order valence-corrected chi connectivity index (χ1v) is 5.47. The normalized spacial score (nSPS) is 12.2. The van der Waals surface area contributed by atoms with Crippen molar-refractivity contribution in [2.75, 3.05) is 0 Å². The maximum absolute atomic E-state index is 8.02. The quantitative estimate of drug-likeness (QED) is 0.642. The highest BCUT2D eigenvalue weighted by atomic mass is 14.9. The number of hydrogen-bond donors (Lipinski definition) is 0. The van der Waals surface area contributed by atoms with Crippen molar-refractivity contribution in [2.45, 2.75) is 20.8 Å². The monoisotopic (exact) mass is 214 g/mol. The van der Waals surface area contributed by atoms with Gasteiger partial charge in [-0.3, -0.25) is 0 Å². The molecule has 2 rings (SSSR count). The van der Waals surface area contributed by atoms with Crippen LogP contribution in [0.1, 0.15) is 19.4 Å². The summed E-state index contributed by atoms with van der Waals surface area (Å²) in [6.45, 7) is 6.01. The molecule has 2 aromatic rings. The smallest absolute Gasteiger partial charge is 0.201 e. The first-order chi connectivity index (χ1) is 8.45. The fourth-order valence-corrected chi connectivity index (χ4v) is 1.97. The zero-order valence-electron chi connectivity index (χ0n) is 12.3. The average Bonchev–Trinajstić information content (AvgIpc) is 2.36. The molecule has 0 saturated heterocycles. The number of aryl methyl sites for hydroxylation is 1. The third-order valence-electron chi connectivity index (χ3n) is 3.06. The molecule has 0 aliphatic heterocycles. The summed E-state index contributed by atoms with van der Waals surface area (Å²) < 4.78 is 17.7. The van der Waals surface area contributed by atoms with Crippen molar-refractivity contribution in [3.63, 3.8) is 0 Å². The van der Waals surface area contributed by atoms with Crippen molar-refractivity contribution in [1.82, 2.24) is 0 Å². The Balaban J connectivity index is 2.85. The highest BCUT2D eigenvalue weighted by molar-refractivity contribution is 5.64. The zero-order chi connectivity index (χ0) is 13.4. The molecule has 1 heteroatoms. The molecule has 16 heavy (non-hydrogen) atoms. The lowest BCUT2D eigenvalue weighted by molar-refractivity contribution is -0.660. The van der Waals surface area contributed by atoms with Crippen LogP contribution < -0.4 is 4.57 Å². The van der Waals surface area contributed by atoms with Crippen LogP contribution in [-0.4, -0.2) is 0 Å². The van der Waals surface area contributed by atoms with Gasteiger partial charge in [0.05, 0.1) is 1.37 Å². The van der Waals surface area contributed by atoms with Crippen LogP contribution in [0.25, 0.3) is 11.3 Å². The van der Waals surface area contributed by atoms with E-state index >= 15 is 0 Å². The summed E-state index contributed by atoms with van der Waals surface area (Å²) >= 11 is 0. The van der Waals surface area contributed by atoms with Crippen LogP contribution in [0.2, 0.25) is 0 Å². The molecule has 0 saturated carbocycles. The maximum atomic E-state index is 8.02. The lowest BCUT2D eigenvalue weighted by atomic mass is 9.99. The first-order valence-electron chi connectivity index (χ1n) is 6.47. The Hall–Kier alpha value is -1.63. The van der Waals surface area contributed by atoms with Crippen LogP contribution in [-0.2, 0) is 7.05 Å². The Morgan fingerprint density at radius 2 is 1.75 bits per heavy atom. The number of nitrogens with zero attached hydrogens (tertiary/aromatic N) is 1. The SMILES string of the molecule is [2H]c1c(C)c(C)c(-c2ccccc2C)[n+](C)c1[2H]. The van der Waals surface area contributed by atoms with E-state index in [1.54, 1.807) is 4.57 Å². The molecule has 0 N–H and O–H groups in total. The van der Waals surface area contributed by atoms with Gasteiger partial charge in [-0.25, -0.2) is 4.57 Å². The van der Waals surface area contributed by atoms with Gasteiger partial charge in [-0.15, -0.1) is 0 Å². The van der Waals surface area contributed by atoms with Gasteiger partial charge < -0.3 is 0 Å². The predicted molar refractivity (Wildman–Crippen MR) is 67.3 cm³/mol. The maximum Gasteiger partial charge on any atom is 0.215 e. The summed E-state index contributed by atoms with van der Waals surface area (Å²) in [5.74, 6) is 0. The van der Waals surface area contributed by atoms with Crippen molar-refractivity contribution in [2.24, 2.45) is 7.05 Å². The van der Waals surface area contributed by atoms with Crippen LogP contribution >= 0.6 is 0 Å². The summed E-state index contributed by atoms with van der Waals surface area (Å²) in [5.41, 5.74) is 5.32. The van der Waals surface area contributed by atoms with E-state index in [4.69, 9.17) is 2.74 Å². The molecule has 1 heterocycles. The van der Waals surface area contributed by atoms with E-state index in [0.717, 1.165) is 22.4 Å². The standard InChI is InChI=1S/C15H18N/c1-11-9-10-16(4)15(13(11)3)14-8-6-5-7-12(14)2/h5-10H,1-4H3/q+1/i9D,10D. The van der Waals surface area contributed by atoms with Gasteiger partial charge in [0.15, 0.2) is 6.17 Å². The molecule has 0 bridgehead atoms. The lowest BCUT2D eigenvalue weighted by Gasteiger charge is -2.08. The van der Waals surface area contributed by atoms with Crippen molar-refractivity contribution in [3.05, 3.63) is 53.2 Å². The highest BCUT2D eigenvalue weighted by Crippen LogP contribution is 2.24. The zero-order valence-corrected chi connectivity index (χ0v) is 10.3. The van der Waals surface area contributed by atoms with Gasteiger partial charge in [-0.05, 0) is 38.0 Å². The first kappa shape index (κ1) is 8.51. The van der Waals surface area contributed by atoms with Crippen LogP contribution in [0.4, 0.5) is 0 Å². The van der Waals surface area contributed by atoms with E-state index in [9.17, 15) is 0 Å². The minimum Gasteiger partial charge on any atom is -0.201 e. The lowest BCUT2D eigenvalue weighted by Crippen LogP contribution is -2.31. The minimum atomic E-state index is 0.261. The van der Waals surface area contributed by atoms with E-state index < -0.39 is 0 Å². The summed E-state index contributed by atoms with van der Waals surface area (Å²) in [6.07, 6.45) is 0.261. The molecule has 0 spiro atoms. The van der Waals surface area contributed by atoms with Crippen molar-refractivity contribution >= 4 is 0 Å². The Kier molecular flexibility index (Phi) is 2.18. The molecular formula is C15H18N+. The van der Waals surface area contributed by atoms with E-state index in [0.29, 0.717) is 6.04 Å². The number of benzene rings is 1. The second-order valence-electron chi connectivity index (χ2n) is 4.21. The van der Waals surface area contributed by atoms with E-state index in [1.165, 1.54) is 5.56 Å². The van der Waals surface area contributed by atoms with Crippen LogP contribution in [0.5, 0.6) is 0 Å². The predicted octanol–water partition coefficient (Wildman–Crippen LogP) is 3.10. The third kappa shape index (κ3) is 1.73. The van der Waals surface area contributed by atoms with Gasteiger partial charge in [0, 0.05) is 17.2 Å². The number of rotatable bonds is 1. The Morgan fingerprint density at radius 1 is 1.06 bits per heavy atom. The highest BCUT2D eigenvalue weighted by Gasteiger charge is 2.16. The summed E-state index contributed by atoms with van der Waals surface area (Å²) in [7, 11) is 1.86. The van der Waals surface area contributed by atoms with Crippen LogP contribution in [0, 0.1) is 20.8 Å². The molecule has 0 aliphatic rings. The molecule has 0 aliphatic carbocycles. The van der Waals surface area contributed by atoms with Gasteiger partial charge in [0.1, 0.15) is 8.42 Å². The van der Waals surface area contributed by atoms with Gasteiger partial charge in [-0.2, -0.15) is 0 Å². The third-order valence-corrected chi connectivity index (χ3v) is 3.06. The van der Waals surface area contributed by atoms with E-state index in [2.05, 4.69) is 19.1 Å². The topological polar surface area (TPSA) is 3.88 Å². The molecule has 0 fully saturated rings. The van der Waals surface area contributed by atoms with Crippen molar-refractivity contribution in [3.8, 4) is 11.3 Å². The number of pyridine rings is 1. The molecule has 0 radical (unpaired) electrons. The number of hydrogen-bond acceptors (Lipinski definition) is 0. The van der Waals surface area contributed by atoms with Crippen molar-refractivity contribution < 1.29 is 7.31 Å². The van der Waals surface area contributed by atoms with Gasteiger partial charge in [0.2, 0.25) is 5.69 Å². The molecular weight excluding hydrogens is 194 g/mol. The largest absolute Gasteiger partial charge is 0.215 e. The van der Waals surface area contributed by atoms with Crippen LogP contribution in [0.3, 0.4) is 0 Å². The molecule has 0 atom stereocenters. The fraction of sp³-hybridized carbons (Fsp3) is 0.267. The Bertz CT molecular complexity index is 589. The van der Waals surface area contributed by atoms with Gasteiger partial charge >= 0.3 is 0 Å². The van der Waals surface area contributed by atoms with Crippen molar-refractivity contribution in [1.29, 1.82) is 0 Å².